The Morgan fingerprint density at radius 1 is 1.23 bits per heavy atom. The van der Waals surface area contributed by atoms with Crippen LogP contribution in [0.3, 0.4) is 0 Å². The van der Waals surface area contributed by atoms with Crippen LogP contribution >= 0.6 is 11.6 Å². The zero-order valence-electron chi connectivity index (χ0n) is 14.8. The topological polar surface area (TPSA) is 51.1 Å². The van der Waals surface area contributed by atoms with Crippen LogP contribution < -0.4 is 14.5 Å². The number of nitrogens with zero attached hydrogens (tertiary/aromatic N) is 2. The third-order valence-corrected chi connectivity index (χ3v) is 4.20. The molecule has 2 aromatic rings. The summed E-state index contributed by atoms with van der Waals surface area (Å²) in [6.45, 7) is 4.16. The van der Waals surface area contributed by atoms with Crippen molar-refractivity contribution < 1.29 is 14.3 Å². The maximum atomic E-state index is 12.8. The number of hydrogen-bond donors (Lipinski definition) is 0. The number of carbonyl (C=O) groups is 1. The van der Waals surface area contributed by atoms with Crippen LogP contribution in [-0.2, 0) is 4.79 Å². The smallest absolute Gasteiger partial charge is 0.280 e. The van der Waals surface area contributed by atoms with Gasteiger partial charge in [0.05, 0.1) is 35.7 Å². The lowest BCUT2D eigenvalue weighted by Gasteiger charge is -2.13. The van der Waals surface area contributed by atoms with Crippen LogP contribution in [0, 0.1) is 0 Å². The Kier molecular flexibility index (Phi) is 5.28. The molecule has 1 heterocycles. The van der Waals surface area contributed by atoms with Crippen molar-refractivity contribution >= 4 is 35.0 Å². The van der Waals surface area contributed by atoms with E-state index in [1.807, 2.05) is 37.3 Å². The first-order valence-electron chi connectivity index (χ1n) is 8.22. The largest absolute Gasteiger partial charge is 0.493 e. The summed E-state index contributed by atoms with van der Waals surface area (Å²) in [5.41, 5.74) is 2.62. The second kappa shape index (κ2) is 7.62. The molecule has 1 aliphatic rings. The molecule has 5 nitrogen and oxygen atoms in total. The molecule has 2 aromatic carbocycles. The Morgan fingerprint density at radius 2 is 1.96 bits per heavy atom. The molecule has 0 radical (unpaired) electrons. The molecule has 6 heteroatoms. The van der Waals surface area contributed by atoms with E-state index in [9.17, 15) is 4.79 Å². The van der Waals surface area contributed by atoms with Gasteiger partial charge in [0.1, 0.15) is 0 Å². The van der Waals surface area contributed by atoms with Gasteiger partial charge in [-0.25, -0.2) is 0 Å². The minimum atomic E-state index is -0.183. The second-order valence-electron chi connectivity index (χ2n) is 5.66. The molecule has 0 aromatic heterocycles. The van der Waals surface area contributed by atoms with E-state index in [0.29, 0.717) is 34.4 Å². The Labute approximate surface area is 157 Å². The lowest BCUT2D eigenvalue weighted by molar-refractivity contribution is -0.114. The van der Waals surface area contributed by atoms with E-state index in [1.165, 1.54) is 5.01 Å². The van der Waals surface area contributed by atoms with Crippen LogP contribution in [0.15, 0.2) is 53.1 Å². The molecular formula is C20H19ClN2O3. The van der Waals surface area contributed by atoms with E-state index >= 15 is 0 Å². The monoisotopic (exact) mass is 370 g/mol. The highest BCUT2D eigenvalue weighted by Crippen LogP contribution is 2.37. The number of rotatable bonds is 5. The number of amides is 1. The summed E-state index contributed by atoms with van der Waals surface area (Å²) in [4.78, 5) is 12.8. The molecule has 0 spiro atoms. The number of methoxy groups -OCH3 is 1. The van der Waals surface area contributed by atoms with Gasteiger partial charge in [-0.3, -0.25) is 4.79 Å². The van der Waals surface area contributed by atoms with Crippen LogP contribution in [0.1, 0.15) is 19.4 Å². The Hall–Kier alpha value is -2.79. The fourth-order valence-corrected chi connectivity index (χ4v) is 2.98. The average Bonchev–Trinajstić information content (AvgIpc) is 2.92. The number of carbonyl (C=O) groups excluding carboxylic acids is 1. The minimum absolute atomic E-state index is 0.183. The molecular weight excluding hydrogens is 352 g/mol. The summed E-state index contributed by atoms with van der Waals surface area (Å²) in [7, 11) is 1.55. The highest BCUT2D eigenvalue weighted by molar-refractivity contribution is 6.33. The molecule has 0 atom stereocenters. The Bertz CT molecular complexity index is 891. The van der Waals surface area contributed by atoms with Gasteiger partial charge >= 0.3 is 0 Å². The van der Waals surface area contributed by atoms with Crippen LogP contribution in [0.4, 0.5) is 5.69 Å². The van der Waals surface area contributed by atoms with E-state index in [-0.39, 0.29) is 5.91 Å². The van der Waals surface area contributed by atoms with Crippen molar-refractivity contribution in [2.24, 2.45) is 5.10 Å². The summed E-state index contributed by atoms with van der Waals surface area (Å²) < 4.78 is 10.9. The molecule has 134 valence electrons. The fraction of sp³-hybridized carbons (Fsp3) is 0.200. The van der Waals surface area contributed by atoms with Crippen molar-refractivity contribution in [3.63, 3.8) is 0 Å². The first-order chi connectivity index (χ1) is 12.5. The maximum absolute atomic E-state index is 12.8. The lowest BCUT2D eigenvalue weighted by atomic mass is 10.1. The van der Waals surface area contributed by atoms with Crippen LogP contribution in [-0.4, -0.2) is 25.3 Å². The van der Waals surface area contributed by atoms with Gasteiger partial charge < -0.3 is 9.47 Å². The van der Waals surface area contributed by atoms with Gasteiger partial charge in [-0.15, -0.1) is 0 Å². The number of benzene rings is 2. The van der Waals surface area contributed by atoms with Gasteiger partial charge in [0.25, 0.3) is 5.91 Å². The number of ether oxygens (including phenoxy) is 2. The highest BCUT2D eigenvalue weighted by atomic mass is 35.5. The first-order valence-corrected chi connectivity index (χ1v) is 8.60. The van der Waals surface area contributed by atoms with Crippen LogP contribution in [0.25, 0.3) is 6.08 Å². The molecule has 1 amide bonds. The molecule has 0 N–H and O–H groups in total. The molecule has 1 aliphatic heterocycles. The SMILES string of the molecule is CCOc1c(Cl)cc(/C=C2/C(=O)N(c3ccccc3)N=C2C)cc1OC. The summed E-state index contributed by atoms with van der Waals surface area (Å²) in [5.74, 6) is 0.830. The molecule has 26 heavy (non-hydrogen) atoms. The van der Waals surface area contributed by atoms with E-state index in [0.717, 1.165) is 11.3 Å². The number of halogens is 1. The third-order valence-electron chi connectivity index (χ3n) is 3.91. The van der Waals surface area contributed by atoms with Crippen molar-refractivity contribution in [3.05, 3.63) is 58.6 Å². The predicted molar refractivity (Wildman–Crippen MR) is 104 cm³/mol. The zero-order chi connectivity index (χ0) is 18.7. The lowest BCUT2D eigenvalue weighted by Crippen LogP contribution is -2.21. The third kappa shape index (κ3) is 3.44. The standard InChI is InChI=1S/C20H19ClN2O3/c1-4-26-19-17(21)11-14(12-18(19)25-3)10-16-13(2)22-23(20(16)24)15-8-6-5-7-9-15/h5-12H,4H2,1-3H3/b16-10+. The molecule has 0 bridgehead atoms. The highest BCUT2D eigenvalue weighted by Gasteiger charge is 2.28. The van der Waals surface area contributed by atoms with Gasteiger partial charge in [-0.2, -0.15) is 10.1 Å². The fourth-order valence-electron chi connectivity index (χ4n) is 2.70. The second-order valence-corrected chi connectivity index (χ2v) is 6.07. The summed E-state index contributed by atoms with van der Waals surface area (Å²) in [5, 5.41) is 6.20. The quantitative estimate of drug-likeness (QED) is 0.725. The summed E-state index contributed by atoms with van der Waals surface area (Å²) in [6.07, 6.45) is 1.76. The van der Waals surface area contributed by atoms with E-state index < -0.39 is 0 Å². The zero-order valence-corrected chi connectivity index (χ0v) is 15.6. The predicted octanol–water partition coefficient (Wildman–Crippen LogP) is 4.55. The summed E-state index contributed by atoms with van der Waals surface area (Å²) >= 11 is 6.32. The number of hydrazone groups is 1. The van der Waals surface area contributed by atoms with Gasteiger partial charge in [0, 0.05) is 0 Å². The Balaban J connectivity index is 1.97. The normalized spacial score (nSPS) is 15.4. The van der Waals surface area contributed by atoms with Crippen LogP contribution in [0.5, 0.6) is 11.5 Å². The van der Waals surface area contributed by atoms with Crippen molar-refractivity contribution in [1.29, 1.82) is 0 Å². The number of hydrogen-bond acceptors (Lipinski definition) is 4. The van der Waals surface area contributed by atoms with Crippen molar-refractivity contribution in [1.82, 2.24) is 0 Å². The Morgan fingerprint density at radius 3 is 2.62 bits per heavy atom. The average molecular weight is 371 g/mol. The van der Waals surface area contributed by atoms with Crippen LogP contribution in [0.2, 0.25) is 5.02 Å². The molecule has 0 saturated carbocycles. The number of anilines is 1. The first kappa shape index (κ1) is 18.0. The molecule has 3 rings (SSSR count). The van der Waals surface area contributed by atoms with Crippen molar-refractivity contribution in [2.75, 3.05) is 18.7 Å². The van der Waals surface area contributed by atoms with Gasteiger partial charge in [-0.1, -0.05) is 29.8 Å². The molecule has 0 fully saturated rings. The molecule has 0 aliphatic carbocycles. The molecule has 0 unspecified atom stereocenters. The molecule has 0 saturated heterocycles. The van der Waals surface area contributed by atoms with E-state index in [4.69, 9.17) is 21.1 Å². The van der Waals surface area contributed by atoms with Gasteiger partial charge in [-0.05, 0) is 49.8 Å². The van der Waals surface area contributed by atoms with E-state index in [1.54, 1.807) is 32.2 Å². The van der Waals surface area contributed by atoms with Crippen molar-refractivity contribution in [2.45, 2.75) is 13.8 Å². The van der Waals surface area contributed by atoms with Gasteiger partial charge in [0.15, 0.2) is 11.5 Å². The maximum Gasteiger partial charge on any atom is 0.280 e. The van der Waals surface area contributed by atoms with Gasteiger partial charge in [0.2, 0.25) is 0 Å². The minimum Gasteiger partial charge on any atom is -0.493 e. The van der Waals surface area contributed by atoms with E-state index in [2.05, 4.69) is 5.10 Å². The summed E-state index contributed by atoms with van der Waals surface area (Å²) in [6, 6.07) is 12.8. The number of para-hydroxylation sites is 1. The van der Waals surface area contributed by atoms with Crippen molar-refractivity contribution in [3.8, 4) is 11.5 Å².